The first-order chi connectivity index (χ1) is 11.6. The van der Waals surface area contributed by atoms with Gasteiger partial charge in [-0.3, -0.25) is 9.59 Å². The van der Waals surface area contributed by atoms with Crippen molar-refractivity contribution in [2.75, 3.05) is 19.6 Å². The molecule has 1 saturated heterocycles. The third kappa shape index (κ3) is 2.73. The molecule has 2 N–H and O–H groups in total. The Kier molecular flexibility index (Phi) is 3.68. The van der Waals surface area contributed by atoms with E-state index in [4.69, 9.17) is 0 Å². The maximum Gasteiger partial charge on any atom is 0.256 e. The molecule has 2 amide bonds. The zero-order valence-corrected chi connectivity index (χ0v) is 13.5. The summed E-state index contributed by atoms with van der Waals surface area (Å²) in [4.78, 5) is 35.6. The zero-order valence-electron chi connectivity index (χ0n) is 13.5. The molecule has 1 aliphatic carbocycles. The van der Waals surface area contributed by atoms with Crippen molar-refractivity contribution in [1.82, 2.24) is 30.1 Å². The number of hydrogen-bond acceptors (Lipinski definition) is 5. The summed E-state index contributed by atoms with van der Waals surface area (Å²) in [5.41, 5.74) is 1.87. The molecule has 24 heavy (non-hydrogen) atoms. The van der Waals surface area contributed by atoms with Crippen LogP contribution in [0.15, 0.2) is 18.6 Å². The van der Waals surface area contributed by atoms with Gasteiger partial charge in [0.25, 0.3) is 5.91 Å². The van der Waals surface area contributed by atoms with E-state index in [2.05, 4.69) is 20.6 Å². The summed E-state index contributed by atoms with van der Waals surface area (Å²) in [5.74, 6) is -0.252. The summed E-state index contributed by atoms with van der Waals surface area (Å²) < 4.78 is 1.81. The largest absolute Gasteiger partial charge is 0.352 e. The van der Waals surface area contributed by atoms with Gasteiger partial charge in [0.2, 0.25) is 5.91 Å². The lowest BCUT2D eigenvalue weighted by Gasteiger charge is -2.35. The summed E-state index contributed by atoms with van der Waals surface area (Å²) in [6, 6.07) is 1.54. The minimum Gasteiger partial charge on any atom is -0.352 e. The zero-order chi connectivity index (χ0) is 16.7. The smallest absolute Gasteiger partial charge is 0.256 e. The quantitative estimate of drug-likeness (QED) is 0.804. The molecule has 2 fully saturated rings. The third-order valence-corrected chi connectivity index (χ3v) is 4.53. The lowest BCUT2D eigenvalue weighted by molar-refractivity contribution is -0.126. The van der Waals surface area contributed by atoms with Gasteiger partial charge in [0.05, 0.1) is 11.9 Å². The van der Waals surface area contributed by atoms with Crippen LogP contribution in [0.3, 0.4) is 0 Å². The highest BCUT2D eigenvalue weighted by atomic mass is 16.2. The van der Waals surface area contributed by atoms with Gasteiger partial charge in [-0.25, -0.2) is 9.97 Å². The van der Waals surface area contributed by atoms with E-state index in [9.17, 15) is 9.59 Å². The summed E-state index contributed by atoms with van der Waals surface area (Å²) in [7, 11) is 1.86. The number of aryl methyl sites for hydroxylation is 1. The van der Waals surface area contributed by atoms with E-state index >= 15 is 0 Å². The molecule has 1 atom stereocenters. The molecule has 0 bridgehead atoms. The van der Waals surface area contributed by atoms with Gasteiger partial charge in [0, 0.05) is 38.9 Å². The monoisotopic (exact) mass is 328 g/mol. The van der Waals surface area contributed by atoms with E-state index in [0.29, 0.717) is 30.7 Å². The Morgan fingerprint density at radius 3 is 2.96 bits per heavy atom. The highest BCUT2D eigenvalue weighted by Gasteiger charge is 2.35. The van der Waals surface area contributed by atoms with Gasteiger partial charge in [-0.1, -0.05) is 0 Å². The molecule has 0 unspecified atom stereocenters. The van der Waals surface area contributed by atoms with Crippen molar-refractivity contribution in [3.63, 3.8) is 0 Å². The summed E-state index contributed by atoms with van der Waals surface area (Å²) in [6.45, 7) is 1.66. The van der Waals surface area contributed by atoms with Gasteiger partial charge in [-0.2, -0.15) is 0 Å². The Hall–Kier alpha value is -2.48. The van der Waals surface area contributed by atoms with Gasteiger partial charge in [0.1, 0.15) is 11.6 Å². The molecule has 2 aromatic heterocycles. The van der Waals surface area contributed by atoms with Crippen LogP contribution in [0.2, 0.25) is 0 Å². The summed E-state index contributed by atoms with van der Waals surface area (Å²) in [6.07, 6.45) is 5.28. The van der Waals surface area contributed by atoms with E-state index in [0.717, 1.165) is 18.5 Å². The first-order valence-corrected chi connectivity index (χ1v) is 8.22. The van der Waals surface area contributed by atoms with E-state index in [1.165, 1.54) is 0 Å². The molecule has 2 aromatic rings. The molecular weight excluding hydrogens is 308 g/mol. The number of aromatic nitrogens is 3. The van der Waals surface area contributed by atoms with Crippen molar-refractivity contribution in [3.8, 4) is 0 Å². The molecule has 1 saturated carbocycles. The highest BCUT2D eigenvalue weighted by molar-refractivity contribution is 5.99. The van der Waals surface area contributed by atoms with Gasteiger partial charge in [-0.05, 0) is 18.9 Å². The minimum absolute atomic E-state index is 0.0788. The van der Waals surface area contributed by atoms with Crippen LogP contribution in [-0.2, 0) is 11.8 Å². The molecule has 0 aromatic carbocycles. The van der Waals surface area contributed by atoms with Crippen molar-refractivity contribution >= 4 is 23.0 Å². The molecule has 8 heteroatoms. The fourth-order valence-corrected chi connectivity index (χ4v) is 3.01. The number of amides is 2. The van der Waals surface area contributed by atoms with E-state index in [1.807, 2.05) is 7.05 Å². The van der Waals surface area contributed by atoms with Crippen LogP contribution in [0.25, 0.3) is 11.2 Å². The first kappa shape index (κ1) is 15.1. The first-order valence-electron chi connectivity index (χ1n) is 8.22. The van der Waals surface area contributed by atoms with Gasteiger partial charge < -0.3 is 20.1 Å². The Balaban J connectivity index is 1.58. The molecule has 1 aliphatic heterocycles. The average Bonchev–Trinajstić information content (AvgIpc) is 3.35. The maximum absolute atomic E-state index is 12.9. The lowest BCUT2D eigenvalue weighted by atomic mass is 10.1. The van der Waals surface area contributed by atoms with Crippen molar-refractivity contribution < 1.29 is 9.59 Å². The predicted molar refractivity (Wildman–Crippen MR) is 87.4 cm³/mol. The second-order valence-corrected chi connectivity index (χ2v) is 6.42. The van der Waals surface area contributed by atoms with Crippen LogP contribution in [0.4, 0.5) is 0 Å². The lowest BCUT2D eigenvalue weighted by Crippen LogP contribution is -2.59. The van der Waals surface area contributed by atoms with Crippen molar-refractivity contribution in [2.45, 2.75) is 24.9 Å². The molecule has 0 radical (unpaired) electrons. The Labute approximate surface area is 139 Å². The molecule has 8 nitrogen and oxygen atoms in total. The second-order valence-electron chi connectivity index (χ2n) is 6.42. The number of carbonyl (C=O) groups excluding carboxylic acids is 2. The van der Waals surface area contributed by atoms with Crippen LogP contribution in [0, 0.1) is 0 Å². The Bertz CT molecular complexity index is 797. The number of carbonyl (C=O) groups is 2. The van der Waals surface area contributed by atoms with Gasteiger partial charge >= 0.3 is 0 Å². The highest BCUT2D eigenvalue weighted by Crippen LogP contribution is 2.20. The van der Waals surface area contributed by atoms with Crippen molar-refractivity contribution in [1.29, 1.82) is 0 Å². The van der Waals surface area contributed by atoms with Crippen LogP contribution in [-0.4, -0.2) is 63.0 Å². The molecule has 3 heterocycles. The van der Waals surface area contributed by atoms with Crippen LogP contribution in [0.5, 0.6) is 0 Å². The third-order valence-electron chi connectivity index (χ3n) is 4.53. The Morgan fingerprint density at radius 1 is 1.33 bits per heavy atom. The fraction of sp³-hybridized carbons (Fsp3) is 0.500. The van der Waals surface area contributed by atoms with Crippen molar-refractivity contribution in [3.05, 3.63) is 24.2 Å². The molecule has 4 rings (SSSR count). The van der Waals surface area contributed by atoms with E-state index in [-0.39, 0.29) is 17.9 Å². The van der Waals surface area contributed by atoms with Crippen molar-refractivity contribution in [2.24, 2.45) is 7.05 Å². The van der Waals surface area contributed by atoms with Crippen LogP contribution < -0.4 is 10.6 Å². The van der Waals surface area contributed by atoms with E-state index < -0.39 is 6.04 Å². The minimum atomic E-state index is -0.480. The molecule has 2 aliphatic rings. The van der Waals surface area contributed by atoms with Crippen LogP contribution in [0.1, 0.15) is 23.2 Å². The predicted octanol–water partition coefficient (Wildman–Crippen LogP) is -0.339. The van der Waals surface area contributed by atoms with Crippen LogP contribution >= 0.6 is 0 Å². The Morgan fingerprint density at radius 2 is 2.17 bits per heavy atom. The fourth-order valence-electron chi connectivity index (χ4n) is 3.01. The SMILES string of the molecule is Cn1cnc2cc(C(=O)N3CCNC[C@@H]3C(=O)NC3CC3)cnc21. The second kappa shape index (κ2) is 5.86. The topological polar surface area (TPSA) is 92.2 Å². The number of hydrogen-bond donors (Lipinski definition) is 2. The maximum atomic E-state index is 12.9. The summed E-state index contributed by atoms with van der Waals surface area (Å²) >= 11 is 0. The molecule has 0 spiro atoms. The summed E-state index contributed by atoms with van der Waals surface area (Å²) in [5, 5.41) is 6.18. The van der Waals surface area contributed by atoms with Gasteiger partial charge in [0.15, 0.2) is 5.65 Å². The van der Waals surface area contributed by atoms with Gasteiger partial charge in [-0.15, -0.1) is 0 Å². The molecular formula is C16H20N6O2. The molecule has 126 valence electrons. The number of fused-ring (bicyclic) bond motifs is 1. The number of rotatable bonds is 3. The van der Waals surface area contributed by atoms with E-state index in [1.54, 1.807) is 28.1 Å². The number of nitrogens with zero attached hydrogens (tertiary/aromatic N) is 4. The number of pyridine rings is 1. The number of nitrogens with one attached hydrogen (secondary N) is 2. The normalized spacial score (nSPS) is 21.0. The average molecular weight is 328 g/mol. The standard InChI is InChI=1S/C16H20N6O2/c1-21-9-19-12-6-10(7-18-14(12)21)16(24)22-5-4-17-8-13(22)15(23)20-11-2-3-11/h6-7,9,11,13,17H,2-5,8H2,1H3,(H,20,23)/t13-/m1/s1. The number of imidazole rings is 1. The number of piperazine rings is 1.